The Bertz CT molecular complexity index is 1040. The third-order valence-corrected chi connectivity index (χ3v) is 10.7. The first-order valence-electron chi connectivity index (χ1n) is 16.5. The zero-order valence-corrected chi connectivity index (χ0v) is 25.4. The van der Waals surface area contributed by atoms with Gasteiger partial charge in [-0.3, -0.25) is 4.79 Å². The van der Waals surface area contributed by atoms with Crippen LogP contribution in [0.2, 0.25) is 0 Å². The van der Waals surface area contributed by atoms with Gasteiger partial charge in [-0.15, -0.1) is 0 Å². The summed E-state index contributed by atoms with van der Waals surface area (Å²) in [5.74, 6) is -1.20. The maximum atomic E-state index is 12.2. The molecule has 4 rings (SSSR count). The van der Waals surface area contributed by atoms with Gasteiger partial charge in [-0.2, -0.15) is 0 Å². The first kappa shape index (κ1) is 32.9. The van der Waals surface area contributed by atoms with Crippen molar-refractivity contribution in [3.8, 4) is 0 Å². The molecule has 0 aliphatic heterocycles. The van der Waals surface area contributed by atoms with E-state index in [0.717, 1.165) is 37.7 Å². The molecule has 10 unspecified atom stereocenters. The predicted octanol–water partition coefficient (Wildman–Crippen LogP) is 4.88. The first-order valence-corrected chi connectivity index (χ1v) is 16.5. The minimum absolute atomic E-state index is 0.0876. The smallest absolute Gasteiger partial charge is 0.309 e. The van der Waals surface area contributed by atoms with Crippen molar-refractivity contribution in [2.75, 3.05) is 5.73 Å². The summed E-state index contributed by atoms with van der Waals surface area (Å²) < 4.78 is 0. The molecule has 3 aliphatic carbocycles. The second-order valence-electron chi connectivity index (χ2n) is 13.6. The molecule has 42 heavy (non-hydrogen) atoms. The molecule has 0 bridgehead atoms. The van der Waals surface area contributed by atoms with Gasteiger partial charge >= 0.3 is 5.97 Å². The molecule has 0 spiro atoms. The Morgan fingerprint density at radius 1 is 1.10 bits per heavy atom. The maximum Gasteiger partial charge on any atom is 0.309 e. The van der Waals surface area contributed by atoms with Crippen LogP contribution >= 0.6 is 0 Å². The number of anilines is 1. The van der Waals surface area contributed by atoms with Gasteiger partial charge in [-0.25, -0.2) is 4.98 Å². The van der Waals surface area contributed by atoms with Crippen molar-refractivity contribution in [3.63, 3.8) is 0 Å². The van der Waals surface area contributed by atoms with Gasteiger partial charge in [0, 0.05) is 12.1 Å². The van der Waals surface area contributed by atoms with E-state index in [1.54, 1.807) is 6.20 Å². The third kappa shape index (κ3) is 8.13. The minimum Gasteiger partial charge on any atom is -0.481 e. The van der Waals surface area contributed by atoms with E-state index in [1.807, 2.05) is 12.1 Å². The number of rotatable bonds is 15. The molecule has 0 amide bonds. The summed E-state index contributed by atoms with van der Waals surface area (Å²) in [7, 11) is 0. The lowest BCUT2D eigenvalue weighted by Crippen LogP contribution is -2.51. The Hall–Kier alpha value is -2.00. The summed E-state index contributed by atoms with van der Waals surface area (Å²) in [4.78, 5) is 16.2. The Labute approximate surface area is 251 Å². The number of carboxylic acids is 1. The van der Waals surface area contributed by atoms with Crippen LogP contribution in [0.15, 0.2) is 30.5 Å². The lowest BCUT2D eigenvalue weighted by Gasteiger charge is -2.44. The van der Waals surface area contributed by atoms with E-state index in [1.165, 1.54) is 19.3 Å². The lowest BCUT2D eigenvalue weighted by atomic mass is 9.66. The number of nitrogen functional groups attached to an aromatic ring is 1. The number of nitrogens with zero attached hydrogens (tertiary/aromatic N) is 1. The van der Waals surface area contributed by atoms with Crippen LogP contribution in [0, 0.1) is 35.5 Å². The molecule has 236 valence electrons. The maximum absolute atomic E-state index is 12.2. The second-order valence-corrected chi connectivity index (χ2v) is 13.6. The molecule has 2 fully saturated rings. The zero-order valence-electron chi connectivity index (χ0n) is 25.4. The lowest BCUT2D eigenvalue weighted by molar-refractivity contribution is -0.155. The van der Waals surface area contributed by atoms with Crippen molar-refractivity contribution < 1.29 is 30.3 Å². The standard InChI is InChI=1S/C34H54N2O6/c1-2-3-5-8-22-11-12-24(29(37)18-22)9-6-4-7-10-27(33(40)41)32(39)25-13-14-28-26(20-30(38)34(28,42)21-25)17-23-15-16-36-31(35)19-23/h11-12,15-16,19,22,24-30,32,37-39,42H,2-10,13-14,17-18,20-21H2,1H3,(H2,35,36)(H,40,41). The highest BCUT2D eigenvalue weighted by Gasteiger charge is 2.57. The topological polar surface area (TPSA) is 157 Å². The fraction of sp³-hybridized carbons (Fsp3) is 0.765. The normalized spacial score (nSPS) is 34.2. The molecular weight excluding hydrogens is 532 g/mol. The highest BCUT2D eigenvalue weighted by Crippen LogP contribution is 2.52. The molecule has 1 aromatic heterocycles. The molecule has 7 N–H and O–H groups in total. The average molecular weight is 587 g/mol. The van der Waals surface area contributed by atoms with E-state index in [2.05, 4.69) is 24.1 Å². The number of hydrogen-bond acceptors (Lipinski definition) is 7. The fourth-order valence-electron chi connectivity index (χ4n) is 8.28. The summed E-state index contributed by atoms with van der Waals surface area (Å²) in [5, 5.41) is 54.3. The van der Waals surface area contributed by atoms with Gasteiger partial charge in [-0.05, 0) is 99.2 Å². The highest BCUT2D eigenvalue weighted by atomic mass is 16.4. The molecule has 8 heteroatoms. The van der Waals surface area contributed by atoms with E-state index in [4.69, 9.17) is 5.73 Å². The number of aliphatic carboxylic acids is 1. The summed E-state index contributed by atoms with van der Waals surface area (Å²) in [6.07, 6.45) is 15.9. The summed E-state index contributed by atoms with van der Waals surface area (Å²) in [6, 6.07) is 3.74. The molecule has 10 atom stereocenters. The quantitative estimate of drug-likeness (QED) is 0.125. The number of carbonyl (C=O) groups is 1. The van der Waals surface area contributed by atoms with Gasteiger partial charge in [0.15, 0.2) is 0 Å². The number of fused-ring (bicyclic) bond motifs is 1. The van der Waals surface area contributed by atoms with Crippen LogP contribution in [-0.4, -0.2) is 60.4 Å². The van der Waals surface area contributed by atoms with Crippen LogP contribution in [0.1, 0.15) is 102 Å². The van der Waals surface area contributed by atoms with Crippen LogP contribution in [0.25, 0.3) is 0 Å². The van der Waals surface area contributed by atoms with Gasteiger partial charge in [0.1, 0.15) is 5.82 Å². The van der Waals surface area contributed by atoms with Crippen LogP contribution < -0.4 is 5.73 Å². The van der Waals surface area contributed by atoms with Gasteiger partial charge in [0.05, 0.1) is 29.8 Å². The molecule has 0 saturated heterocycles. The summed E-state index contributed by atoms with van der Waals surface area (Å²) in [6.45, 7) is 2.20. The summed E-state index contributed by atoms with van der Waals surface area (Å²) in [5.41, 5.74) is 5.54. The van der Waals surface area contributed by atoms with Crippen LogP contribution in [0.3, 0.4) is 0 Å². The number of aliphatic hydroxyl groups excluding tert-OH is 3. The monoisotopic (exact) mass is 586 g/mol. The number of allylic oxidation sites excluding steroid dienone is 1. The molecule has 0 radical (unpaired) electrons. The van der Waals surface area contributed by atoms with Crippen molar-refractivity contribution in [3.05, 3.63) is 36.0 Å². The Morgan fingerprint density at radius 3 is 2.60 bits per heavy atom. The van der Waals surface area contributed by atoms with E-state index in [9.17, 15) is 30.3 Å². The molecule has 1 heterocycles. The van der Waals surface area contributed by atoms with Crippen molar-refractivity contribution in [2.45, 2.75) is 127 Å². The van der Waals surface area contributed by atoms with Gasteiger partial charge < -0.3 is 31.3 Å². The largest absolute Gasteiger partial charge is 0.481 e. The molecule has 8 nitrogen and oxygen atoms in total. The van der Waals surface area contributed by atoms with E-state index in [-0.39, 0.29) is 36.2 Å². The van der Waals surface area contributed by atoms with Crippen LogP contribution in [0.5, 0.6) is 0 Å². The first-order chi connectivity index (χ1) is 20.1. The van der Waals surface area contributed by atoms with Crippen molar-refractivity contribution in [2.24, 2.45) is 35.5 Å². The van der Waals surface area contributed by atoms with Crippen LogP contribution in [0.4, 0.5) is 5.82 Å². The van der Waals surface area contributed by atoms with E-state index >= 15 is 0 Å². The van der Waals surface area contributed by atoms with Gasteiger partial charge in [-0.1, -0.05) is 57.6 Å². The number of aliphatic hydroxyl groups is 4. The molecule has 1 aromatic rings. The number of nitrogens with two attached hydrogens (primary N) is 1. The van der Waals surface area contributed by atoms with Crippen molar-refractivity contribution in [1.82, 2.24) is 4.98 Å². The summed E-state index contributed by atoms with van der Waals surface area (Å²) >= 11 is 0. The fourth-order valence-corrected chi connectivity index (χ4v) is 8.28. The zero-order chi connectivity index (χ0) is 30.3. The average Bonchev–Trinajstić information content (AvgIpc) is 3.19. The predicted molar refractivity (Wildman–Crippen MR) is 163 cm³/mol. The van der Waals surface area contributed by atoms with E-state index < -0.39 is 29.7 Å². The number of unbranched alkanes of at least 4 members (excludes halogenated alkanes) is 4. The number of aromatic nitrogens is 1. The number of hydrogen-bond donors (Lipinski definition) is 6. The van der Waals surface area contributed by atoms with Crippen molar-refractivity contribution in [1.29, 1.82) is 0 Å². The Morgan fingerprint density at radius 2 is 1.88 bits per heavy atom. The molecule has 0 aromatic carbocycles. The third-order valence-electron chi connectivity index (χ3n) is 10.7. The molecule has 2 saturated carbocycles. The van der Waals surface area contributed by atoms with Gasteiger partial charge in [0.2, 0.25) is 0 Å². The highest BCUT2D eigenvalue weighted by molar-refractivity contribution is 5.70. The molecule has 3 aliphatic rings. The van der Waals surface area contributed by atoms with E-state index in [0.29, 0.717) is 50.3 Å². The second kappa shape index (κ2) is 15.1. The van der Waals surface area contributed by atoms with Crippen LogP contribution in [-0.2, 0) is 11.2 Å². The van der Waals surface area contributed by atoms with Crippen molar-refractivity contribution >= 4 is 11.8 Å². The number of carboxylic acid groups (broad SMARTS) is 1. The minimum atomic E-state index is -1.32. The Balaban J connectivity index is 1.24. The number of pyridine rings is 1. The van der Waals surface area contributed by atoms with Gasteiger partial charge in [0.25, 0.3) is 0 Å². The Kier molecular flexibility index (Phi) is 11.9. The molecular formula is C34H54N2O6. The SMILES string of the molecule is CCCCCC1C=CC(CCCCCC(C(=O)O)C(O)C2CCC3C(Cc4ccnc(N)c4)CC(O)C3(O)C2)C(O)C1.